The summed E-state index contributed by atoms with van der Waals surface area (Å²) in [5, 5.41) is 0. The molecule has 0 aliphatic carbocycles. The Kier molecular flexibility index (Phi) is 4.92. The topological polar surface area (TPSA) is 39.7 Å². The summed E-state index contributed by atoms with van der Waals surface area (Å²) in [6.07, 6.45) is 3.99. The number of carbonyl (C=O) groups is 1. The second-order valence-corrected chi connectivity index (χ2v) is 6.97. The predicted molar refractivity (Wildman–Crippen MR) is 100 cm³/mol. The van der Waals surface area contributed by atoms with Crippen LogP contribution in [0, 0.1) is 11.6 Å². The Labute approximate surface area is 157 Å². The summed E-state index contributed by atoms with van der Waals surface area (Å²) in [6.45, 7) is 3.87. The van der Waals surface area contributed by atoms with Gasteiger partial charge in [-0.3, -0.25) is 4.79 Å². The molecule has 2 aliphatic heterocycles. The van der Waals surface area contributed by atoms with E-state index in [1.807, 2.05) is 12.1 Å². The van der Waals surface area contributed by atoms with E-state index in [1.54, 1.807) is 16.0 Å². The molecule has 5 nitrogen and oxygen atoms in total. The number of rotatable bonds is 3. The molecular formula is C20H22F2N4O. The molecule has 2 saturated heterocycles. The van der Waals surface area contributed by atoms with Crippen molar-refractivity contribution in [3.8, 4) is 0 Å². The number of pyridine rings is 1. The van der Waals surface area contributed by atoms with Crippen LogP contribution in [0.4, 0.5) is 20.3 Å². The normalized spacial score (nSPS) is 17.5. The Bertz CT molecular complexity index is 813. The van der Waals surface area contributed by atoms with Crippen molar-refractivity contribution in [1.82, 2.24) is 9.88 Å². The van der Waals surface area contributed by atoms with Crippen molar-refractivity contribution in [3.63, 3.8) is 0 Å². The molecule has 4 rings (SSSR count). The summed E-state index contributed by atoms with van der Waals surface area (Å²) >= 11 is 0. The molecule has 1 amide bonds. The molecule has 27 heavy (non-hydrogen) atoms. The van der Waals surface area contributed by atoms with Crippen LogP contribution >= 0.6 is 0 Å². The lowest BCUT2D eigenvalue weighted by atomic mass is 10.2. The average Bonchev–Trinajstić information content (AvgIpc) is 3.24. The first kappa shape index (κ1) is 17.7. The second-order valence-electron chi connectivity index (χ2n) is 6.97. The van der Waals surface area contributed by atoms with Crippen LogP contribution < -0.4 is 9.80 Å². The van der Waals surface area contributed by atoms with Crippen molar-refractivity contribution >= 4 is 17.4 Å². The lowest BCUT2D eigenvalue weighted by Gasteiger charge is -2.36. The fourth-order valence-electron chi connectivity index (χ4n) is 3.71. The summed E-state index contributed by atoms with van der Waals surface area (Å²) in [5.74, 6) is -0.0720. The van der Waals surface area contributed by atoms with Gasteiger partial charge in [0, 0.05) is 51.5 Å². The first-order valence-electron chi connectivity index (χ1n) is 9.32. The van der Waals surface area contributed by atoms with Crippen molar-refractivity contribution in [2.75, 3.05) is 49.1 Å². The van der Waals surface area contributed by atoms with E-state index in [1.165, 1.54) is 18.9 Å². The molecule has 0 N–H and O–H groups in total. The number of halogens is 2. The minimum absolute atomic E-state index is 0.0742. The van der Waals surface area contributed by atoms with Crippen molar-refractivity contribution in [2.45, 2.75) is 12.8 Å². The summed E-state index contributed by atoms with van der Waals surface area (Å²) in [5.41, 5.74) is 0.807. The largest absolute Gasteiger partial charge is 0.366 e. The highest BCUT2D eigenvalue weighted by Crippen LogP contribution is 2.23. The maximum atomic E-state index is 13.9. The molecule has 0 unspecified atom stereocenters. The van der Waals surface area contributed by atoms with Crippen LogP contribution in [0.5, 0.6) is 0 Å². The lowest BCUT2D eigenvalue weighted by molar-refractivity contribution is 0.0746. The third-order valence-electron chi connectivity index (χ3n) is 5.24. The molecule has 1 aromatic heterocycles. The van der Waals surface area contributed by atoms with E-state index < -0.39 is 11.6 Å². The van der Waals surface area contributed by atoms with E-state index in [-0.39, 0.29) is 11.6 Å². The monoisotopic (exact) mass is 372 g/mol. The van der Waals surface area contributed by atoms with Crippen LogP contribution in [0.1, 0.15) is 23.2 Å². The number of amides is 1. The zero-order chi connectivity index (χ0) is 18.8. The molecule has 0 spiro atoms. The van der Waals surface area contributed by atoms with Gasteiger partial charge in [-0.05, 0) is 37.1 Å². The van der Waals surface area contributed by atoms with Crippen LogP contribution in [-0.4, -0.2) is 55.1 Å². The van der Waals surface area contributed by atoms with Gasteiger partial charge in [-0.2, -0.15) is 0 Å². The van der Waals surface area contributed by atoms with Crippen LogP contribution in [0.25, 0.3) is 0 Å². The summed E-state index contributed by atoms with van der Waals surface area (Å²) in [4.78, 5) is 22.9. The first-order valence-corrected chi connectivity index (χ1v) is 9.32. The summed E-state index contributed by atoms with van der Waals surface area (Å²) in [6, 6.07) is 7.17. The van der Waals surface area contributed by atoms with Crippen LogP contribution in [0.3, 0.4) is 0 Å². The quantitative estimate of drug-likeness (QED) is 0.831. The smallest absolute Gasteiger partial charge is 0.255 e. The highest BCUT2D eigenvalue weighted by molar-refractivity contribution is 5.94. The predicted octanol–water partition coefficient (Wildman–Crippen LogP) is 2.92. The average molecular weight is 372 g/mol. The molecule has 2 aromatic rings. The molecule has 2 fully saturated rings. The van der Waals surface area contributed by atoms with E-state index in [4.69, 9.17) is 0 Å². The number of hydrogen-bond donors (Lipinski definition) is 0. The Morgan fingerprint density at radius 1 is 0.889 bits per heavy atom. The highest BCUT2D eigenvalue weighted by atomic mass is 19.1. The summed E-state index contributed by atoms with van der Waals surface area (Å²) < 4.78 is 27.3. The van der Waals surface area contributed by atoms with Gasteiger partial charge in [0.1, 0.15) is 17.5 Å². The molecular weight excluding hydrogens is 350 g/mol. The third-order valence-corrected chi connectivity index (χ3v) is 5.24. The van der Waals surface area contributed by atoms with Gasteiger partial charge in [-0.15, -0.1) is 0 Å². The fraction of sp³-hybridized carbons (Fsp3) is 0.400. The maximum Gasteiger partial charge on any atom is 0.255 e. The Hall–Kier alpha value is -2.70. The number of nitrogens with zero attached hydrogens (tertiary/aromatic N) is 4. The van der Waals surface area contributed by atoms with Gasteiger partial charge in [0.2, 0.25) is 0 Å². The summed E-state index contributed by atoms with van der Waals surface area (Å²) in [7, 11) is 0. The minimum atomic E-state index is -0.464. The highest BCUT2D eigenvalue weighted by Gasteiger charge is 2.24. The number of piperazine rings is 1. The molecule has 0 bridgehead atoms. The van der Waals surface area contributed by atoms with E-state index in [0.29, 0.717) is 31.7 Å². The number of aromatic nitrogens is 1. The van der Waals surface area contributed by atoms with Gasteiger partial charge in [0.25, 0.3) is 5.91 Å². The van der Waals surface area contributed by atoms with E-state index >= 15 is 0 Å². The second kappa shape index (κ2) is 7.50. The van der Waals surface area contributed by atoms with E-state index in [0.717, 1.165) is 31.0 Å². The van der Waals surface area contributed by atoms with Gasteiger partial charge in [0.15, 0.2) is 0 Å². The Morgan fingerprint density at radius 2 is 1.63 bits per heavy atom. The van der Waals surface area contributed by atoms with Crippen molar-refractivity contribution in [3.05, 3.63) is 53.7 Å². The number of carbonyl (C=O) groups excluding carboxylic acids is 1. The standard InChI is InChI=1S/C20H22F2N4O/c21-16-4-5-17(22)18(13-16)24-9-11-26(12-10-24)20(27)15-3-6-19(23-14-15)25-7-1-2-8-25/h3-6,13-14H,1-2,7-12H2. The fourth-order valence-corrected chi connectivity index (χ4v) is 3.71. The molecule has 1 aromatic carbocycles. The van der Waals surface area contributed by atoms with Gasteiger partial charge in [0.05, 0.1) is 11.3 Å². The SMILES string of the molecule is O=C(c1ccc(N2CCCC2)nc1)N1CCN(c2cc(F)ccc2F)CC1. The van der Waals surface area contributed by atoms with Gasteiger partial charge >= 0.3 is 0 Å². The zero-order valence-corrected chi connectivity index (χ0v) is 15.1. The van der Waals surface area contributed by atoms with Crippen LogP contribution in [-0.2, 0) is 0 Å². The Balaban J connectivity index is 1.39. The van der Waals surface area contributed by atoms with E-state index in [2.05, 4.69) is 9.88 Å². The third kappa shape index (κ3) is 3.72. The number of anilines is 2. The Morgan fingerprint density at radius 3 is 2.30 bits per heavy atom. The zero-order valence-electron chi connectivity index (χ0n) is 15.1. The van der Waals surface area contributed by atoms with Crippen molar-refractivity contribution in [2.24, 2.45) is 0 Å². The molecule has 0 saturated carbocycles. The van der Waals surface area contributed by atoms with Gasteiger partial charge in [-0.1, -0.05) is 0 Å². The van der Waals surface area contributed by atoms with Gasteiger partial charge < -0.3 is 14.7 Å². The van der Waals surface area contributed by atoms with Gasteiger partial charge in [-0.25, -0.2) is 13.8 Å². The van der Waals surface area contributed by atoms with Crippen LogP contribution in [0.15, 0.2) is 36.5 Å². The molecule has 3 heterocycles. The number of hydrogen-bond acceptors (Lipinski definition) is 4. The first-order chi connectivity index (χ1) is 13.1. The lowest BCUT2D eigenvalue weighted by Crippen LogP contribution is -2.49. The molecule has 7 heteroatoms. The number of benzene rings is 1. The minimum Gasteiger partial charge on any atom is -0.366 e. The van der Waals surface area contributed by atoms with Crippen molar-refractivity contribution < 1.29 is 13.6 Å². The van der Waals surface area contributed by atoms with E-state index in [9.17, 15) is 13.6 Å². The molecule has 0 atom stereocenters. The maximum absolute atomic E-state index is 13.9. The van der Waals surface area contributed by atoms with Crippen molar-refractivity contribution in [1.29, 1.82) is 0 Å². The van der Waals surface area contributed by atoms with Crippen LogP contribution in [0.2, 0.25) is 0 Å². The molecule has 142 valence electrons. The molecule has 0 radical (unpaired) electrons. The molecule has 2 aliphatic rings.